The molecule has 0 aliphatic carbocycles. The summed E-state index contributed by atoms with van der Waals surface area (Å²) in [6.07, 6.45) is 0. The minimum atomic E-state index is -0.100. The van der Waals surface area contributed by atoms with E-state index in [2.05, 4.69) is 15.6 Å². The van der Waals surface area contributed by atoms with Gasteiger partial charge in [0.15, 0.2) is 0 Å². The van der Waals surface area contributed by atoms with Crippen LogP contribution in [0.3, 0.4) is 0 Å². The van der Waals surface area contributed by atoms with E-state index in [0.717, 1.165) is 11.4 Å². The highest BCUT2D eigenvalue weighted by atomic mass is 16.1. The van der Waals surface area contributed by atoms with Crippen LogP contribution in [-0.2, 0) is 17.9 Å². The molecular weight excluding hydrogens is 170 g/mol. The van der Waals surface area contributed by atoms with Crippen molar-refractivity contribution in [2.45, 2.75) is 20.0 Å². The molecule has 0 saturated carbocycles. The van der Waals surface area contributed by atoms with Crippen LogP contribution in [0.1, 0.15) is 11.4 Å². The number of likely N-dealkylation sites (N-methyl/N-ethyl adjacent to an activating group) is 1. The predicted molar refractivity (Wildman–Crippen MR) is 46.7 cm³/mol. The van der Waals surface area contributed by atoms with Crippen molar-refractivity contribution in [3.8, 4) is 0 Å². The summed E-state index contributed by atoms with van der Waals surface area (Å²) >= 11 is 0. The zero-order valence-electron chi connectivity index (χ0n) is 7.74. The number of hydrogen-bond donors (Lipinski definition) is 2. The number of aromatic nitrogens is 3. The number of carbonyl (C=O) groups is 1. The van der Waals surface area contributed by atoms with Gasteiger partial charge in [-0.25, -0.2) is 4.68 Å². The maximum Gasteiger partial charge on any atom is 0.241 e. The first-order valence-corrected chi connectivity index (χ1v) is 3.98. The second kappa shape index (κ2) is 3.99. The summed E-state index contributed by atoms with van der Waals surface area (Å²) in [5, 5.41) is 10.1. The Morgan fingerprint density at radius 2 is 2.38 bits per heavy atom. The van der Waals surface area contributed by atoms with E-state index in [0.29, 0.717) is 6.54 Å². The topological polar surface area (TPSA) is 85.8 Å². The molecule has 0 unspecified atom stereocenters. The molecule has 1 amide bonds. The monoisotopic (exact) mass is 183 g/mol. The van der Waals surface area contributed by atoms with E-state index < -0.39 is 0 Å². The molecule has 0 aromatic carbocycles. The van der Waals surface area contributed by atoms with Gasteiger partial charge in [-0.05, 0) is 6.92 Å². The van der Waals surface area contributed by atoms with Crippen molar-refractivity contribution in [2.24, 2.45) is 5.73 Å². The van der Waals surface area contributed by atoms with Crippen molar-refractivity contribution in [3.63, 3.8) is 0 Å². The summed E-state index contributed by atoms with van der Waals surface area (Å²) in [5.41, 5.74) is 6.98. The van der Waals surface area contributed by atoms with Gasteiger partial charge in [0.25, 0.3) is 0 Å². The molecule has 1 heterocycles. The lowest BCUT2D eigenvalue weighted by atomic mass is 10.3. The van der Waals surface area contributed by atoms with Crippen LogP contribution in [0.4, 0.5) is 0 Å². The SMILES string of the molecule is CNC(=O)Cn1nnc(CN)c1C. The van der Waals surface area contributed by atoms with Gasteiger partial charge in [-0.15, -0.1) is 5.10 Å². The zero-order valence-corrected chi connectivity index (χ0v) is 7.74. The molecule has 6 heteroatoms. The fourth-order valence-corrected chi connectivity index (χ4v) is 0.950. The molecule has 0 aliphatic heterocycles. The van der Waals surface area contributed by atoms with Gasteiger partial charge in [-0.1, -0.05) is 5.21 Å². The Labute approximate surface area is 76.1 Å². The maximum absolute atomic E-state index is 11.0. The van der Waals surface area contributed by atoms with Crippen LogP contribution in [0, 0.1) is 6.92 Å². The van der Waals surface area contributed by atoms with Crippen LogP contribution >= 0.6 is 0 Å². The van der Waals surface area contributed by atoms with Crippen LogP contribution in [0.15, 0.2) is 0 Å². The second-order valence-corrected chi connectivity index (χ2v) is 2.66. The number of nitrogens with zero attached hydrogens (tertiary/aromatic N) is 3. The Morgan fingerprint density at radius 3 is 2.85 bits per heavy atom. The van der Waals surface area contributed by atoms with Gasteiger partial charge < -0.3 is 11.1 Å². The Hall–Kier alpha value is -1.43. The van der Waals surface area contributed by atoms with Crippen LogP contribution in [-0.4, -0.2) is 27.9 Å². The first-order chi connectivity index (χ1) is 6.19. The smallest absolute Gasteiger partial charge is 0.241 e. The molecule has 0 fully saturated rings. The van der Waals surface area contributed by atoms with Gasteiger partial charge in [0.1, 0.15) is 6.54 Å². The van der Waals surface area contributed by atoms with E-state index in [4.69, 9.17) is 5.73 Å². The van der Waals surface area contributed by atoms with Gasteiger partial charge in [-0.2, -0.15) is 0 Å². The fraction of sp³-hybridized carbons (Fsp3) is 0.571. The highest BCUT2D eigenvalue weighted by molar-refractivity contribution is 5.75. The minimum absolute atomic E-state index is 0.100. The molecule has 1 aromatic heterocycles. The molecule has 1 rings (SSSR count). The van der Waals surface area contributed by atoms with Crippen molar-refractivity contribution < 1.29 is 4.79 Å². The molecule has 0 atom stereocenters. The van der Waals surface area contributed by atoms with Crippen molar-refractivity contribution in [3.05, 3.63) is 11.4 Å². The van der Waals surface area contributed by atoms with Gasteiger partial charge in [-0.3, -0.25) is 4.79 Å². The molecule has 6 nitrogen and oxygen atoms in total. The summed E-state index contributed by atoms with van der Waals surface area (Å²) in [7, 11) is 1.58. The average molecular weight is 183 g/mol. The first kappa shape index (κ1) is 9.66. The van der Waals surface area contributed by atoms with Crippen molar-refractivity contribution >= 4 is 5.91 Å². The zero-order chi connectivity index (χ0) is 9.84. The molecule has 0 spiro atoms. The van der Waals surface area contributed by atoms with Gasteiger partial charge in [0.2, 0.25) is 5.91 Å². The summed E-state index contributed by atoms with van der Waals surface area (Å²) in [4.78, 5) is 11.0. The minimum Gasteiger partial charge on any atom is -0.358 e. The first-order valence-electron chi connectivity index (χ1n) is 3.98. The average Bonchev–Trinajstić information content (AvgIpc) is 2.48. The summed E-state index contributed by atoms with van der Waals surface area (Å²) in [6.45, 7) is 2.38. The van der Waals surface area contributed by atoms with Gasteiger partial charge in [0.05, 0.1) is 11.4 Å². The lowest BCUT2D eigenvalue weighted by Crippen LogP contribution is -2.24. The Kier molecular flexibility index (Phi) is 2.97. The molecular formula is C7H13N5O. The van der Waals surface area contributed by atoms with E-state index in [1.165, 1.54) is 4.68 Å². The quantitative estimate of drug-likeness (QED) is 0.615. The fourth-order valence-electron chi connectivity index (χ4n) is 0.950. The molecule has 72 valence electrons. The lowest BCUT2D eigenvalue weighted by molar-refractivity contribution is -0.121. The predicted octanol–water partition coefficient (Wildman–Crippen LogP) is -1.21. The lowest BCUT2D eigenvalue weighted by Gasteiger charge is -2.01. The number of hydrogen-bond acceptors (Lipinski definition) is 4. The van der Waals surface area contributed by atoms with E-state index >= 15 is 0 Å². The van der Waals surface area contributed by atoms with Crippen LogP contribution in [0.5, 0.6) is 0 Å². The molecule has 0 bridgehead atoms. The molecule has 13 heavy (non-hydrogen) atoms. The molecule has 0 aliphatic rings. The highest BCUT2D eigenvalue weighted by Gasteiger charge is 2.08. The van der Waals surface area contributed by atoms with Crippen LogP contribution in [0.25, 0.3) is 0 Å². The standard InChI is InChI=1S/C7H13N5O/c1-5-6(3-8)10-11-12(5)4-7(13)9-2/h3-4,8H2,1-2H3,(H,9,13). The van der Waals surface area contributed by atoms with Gasteiger partial charge in [0, 0.05) is 13.6 Å². The largest absolute Gasteiger partial charge is 0.358 e. The summed E-state index contributed by atoms with van der Waals surface area (Å²) < 4.78 is 1.53. The third kappa shape index (κ3) is 2.03. The maximum atomic E-state index is 11.0. The summed E-state index contributed by atoms with van der Waals surface area (Å²) in [5.74, 6) is -0.100. The van der Waals surface area contributed by atoms with E-state index in [-0.39, 0.29) is 12.5 Å². The summed E-state index contributed by atoms with van der Waals surface area (Å²) in [6, 6.07) is 0. The van der Waals surface area contributed by atoms with Crippen molar-refractivity contribution in [2.75, 3.05) is 7.05 Å². The molecule has 1 aromatic rings. The highest BCUT2D eigenvalue weighted by Crippen LogP contribution is 2.01. The van der Waals surface area contributed by atoms with Crippen molar-refractivity contribution in [1.29, 1.82) is 0 Å². The Balaban J connectivity index is 2.78. The van der Waals surface area contributed by atoms with E-state index in [1.807, 2.05) is 6.92 Å². The molecule has 3 N–H and O–H groups in total. The number of nitrogens with two attached hydrogens (primary N) is 1. The van der Waals surface area contributed by atoms with Crippen molar-refractivity contribution in [1.82, 2.24) is 20.3 Å². The Bertz CT molecular complexity index is 306. The number of amides is 1. The Morgan fingerprint density at radius 1 is 1.69 bits per heavy atom. The molecule has 0 saturated heterocycles. The second-order valence-electron chi connectivity index (χ2n) is 2.66. The van der Waals surface area contributed by atoms with E-state index in [9.17, 15) is 4.79 Å². The third-order valence-corrected chi connectivity index (χ3v) is 1.84. The number of carbonyl (C=O) groups excluding carboxylic acids is 1. The number of rotatable bonds is 3. The van der Waals surface area contributed by atoms with Crippen LogP contribution < -0.4 is 11.1 Å². The van der Waals surface area contributed by atoms with Gasteiger partial charge >= 0.3 is 0 Å². The number of nitrogens with one attached hydrogen (secondary N) is 1. The molecule has 0 radical (unpaired) electrons. The third-order valence-electron chi connectivity index (χ3n) is 1.84. The normalized spacial score (nSPS) is 10.1. The van der Waals surface area contributed by atoms with E-state index in [1.54, 1.807) is 7.05 Å². The van der Waals surface area contributed by atoms with Crippen LogP contribution in [0.2, 0.25) is 0 Å².